The highest BCUT2D eigenvalue weighted by Crippen LogP contribution is 2.12. The Bertz CT molecular complexity index is 347. The second kappa shape index (κ2) is 7.16. The number of carbonyl (C=O) groups excluding carboxylic acids is 1. The molecule has 4 nitrogen and oxygen atoms in total. The van der Waals surface area contributed by atoms with Gasteiger partial charge in [-0.1, -0.05) is 0 Å². The largest absolute Gasteiger partial charge is 0.332 e. The molecule has 0 spiro atoms. The molecule has 2 rings (SSSR count). The molecule has 1 aromatic rings. The van der Waals surface area contributed by atoms with E-state index in [9.17, 15) is 4.79 Å². The first-order valence-corrected chi connectivity index (χ1v) is 6.05. The maximum absolute atomic E-state index is 12.1. The standard InChI is InChI=1S/C10H15N3OS.2ClH/c1-7-4-13(8(2)3-11-7)10(14)9-5-15-6-12-9;;/h5-8,11H,3-4H2,1-2H3;2*1H. The molecule has 2 atom stereocenters. The molecule has 17 heavy (non-hydrogen) atoms. The summed E-state index contributed by atoms with van der Waals surface area (Å²) >= 11 is 1.46. The fraction of sp³-hybridized carbons (Fsp3) is 0.600. The van der Waals surface area contributed by atoms with Crippen molar-refractivity contribution in [2.75, 3.05) is 13.1 Å². The predicted molar refractivity (Wildman–Crippen MR) is 74.6 cm³/mol. The molecule has 98 valence electrons. The first kappa shape index (κ1) is 16.6. The third kappa shape index (κ3) is 3.81. The van der Waals surface area contributed by atoms with Crippen molar-refractivity contribution in [3.63, 3.8) is 0 Å². The van der Waals surface area contributed by atoms with E-state index in [1.54, 1.807) is 5.51 Å². The minimum Gasteiger partial charge on any atom is -0.332 e. The Morgan fingerprint density at radius 3 is 2.82 bits per heavy atom. The molecule has 0 radical (unpaired) electrons. The highest BCUT2D eigenvalue weighted by atomic mass is 35.5. The number of rotatable bonds is 1. The van der Waals surface area contributed by atoms with Crippen molar-refractivity contribution >= 4 is 42.1 Å². The zero-order chi connectivity index (χ0) is 10.8. The zero-order valence-corrected chi connectivity index (χ0v) is 12.2. The lowest BCUT2D eigenvalue weighted by atomic mass is 10.1. The topological polar surface area (TPSA) is 45.2 Å². The molecule has 1 amide bonds. The molecule has 1 aliphatic heterocycles. The first-order chi connectivity index (χ1) is 7.18. The van der Waals surface area contributed by atoms with Crippen molar-refractivity contribution in [1.82, 2.24) is 15.2 Å². The summed E-state index contributed by atoms with van der Waals surface area (Å²) in [7, 11) is 0. The highest BCUT2D eigenvalue weighted by Gasteiger charge is 2.27. The van der Waals surface area contributed by atoms with Crippen molar-refractivity contribution in [3.8, 4) is 0 Å². The lowest BCUT2D eigenvalue weighted by Crippen LogP contribution is -2.56. The van der Waals surface area contributed by atoms with Gasteiger partial charge in [-0.05, 0) is 13.8 Å². The molecule has 1 aliphatic rings. The average Bonchev–Trinajstić information content (AvgIpc) is 2.74. The lowest BCUT2D eigenvalue weighted by molar-refractivity contribution is 0.0611. The van der Waals surface area contributed by atoms with Gasteiger partial charge in [-0.25, -0.2) is 4.98 Å². The molecule has 0 aliphatic carbocycles. The Morgan fingerprint density at radius 2 is 2.24 bits per heavy atom. The summed E-state index contributed by atoms with van der Waals surface area (Å²) < 4.78 is 0. The highest BCUT2D eigenvalue weighted by molar-refractivity contribution is 7.07. The van der Waals surface area contributed by atoms with Gasteiger partial charge in [0.1, 0.15) is 5.69 Å². The van der Waals surface area contributed by atoms with Gasteiger partial charge in [-0.15, -0.1) is 36.2 Å². The number of hydrogen-bond donors (Lipinski definition) is 1. The summed E-state index contributed by atoms with van der Waals surface area (Å²) in [5, 5.41) is 5.16. The van der Waals surface area contributed by atoms with Crippen molar-refractivity contribution in [2.24, 2.45) is 0 Å². The van der Waals surface area contributed by atoms with Crippen molar-refractivity contribution in [3.05, 3.63) is 16.6 Å². The summed E-state index contributed by atoms with van der Waals surface area (Å²) in [5.41, 5.74) is 2.27. The van der Waals surface area contributed by atoms with E-state index in [1.807, 2.05) is 10.3 Å². The van der Waals surface area contributed by atoms with Gasteiger partial charge in [0.2, 0.25) is 0 Å². The van der Waals surface area contributed by atoms with Crippen LogP contribution in [0.5, 0.6) is 0 Å². The van der Waals surface area contributed by atoms with Crippen LogP contribution in [0.1, 0.15) is 24.3 Å². The number of carbonyl (C=O) groups is 1. The normalized spacial score (nSPS) is 23.5. The summed E-state index contributed by atoms with van der Waals surface area (Å²) in [6.45, 7) is 5.77. The molecule has 1 N–H and O–H groups in total. The number of hydrogen-bond acceptors (Lipinski definition) is 4. The number of thiazole rings is 1. The van der Waals surface area contributed by atoms with Crippen molar-refractivity contribution in [2.45, 2.75) is 25.9 Å². The molecular weight excluding hydrogens is 281 g/mol. The minimum absolute atomic E-state index is 0. The number of nitrogens with one attached hydrogen (secondary N) is 1. The van der Waals surface area contributed by atoms with Gasteiger partial charge < -0.3 is 10.2 Å². The quantitative estimate of drug-likeness (QED) is 0.860. The van der Waals surface area contributed by atoms with Gasteiger partial charge in [0.15, 0.2) is 0 Å². The van der Waals surface area contributed by atoms with Gasteiger partial charge in [0.25, 0.3) is 5.91 Å². The van der Waals surface area contributed by atoms with Crippen LogP contribution in [0.2, 0.25) is 0 Å². The van der Waals surface area contributed by atoms with E-state index in [1.165, 1.54) is 11.3 Å². The van der Waals surface area contributed by atoms with Crippen molar-refractivity contribution in [1.29, 1.82) is 0 Å². The molecule has 1 saturated heterocycles. The van der Waals surface area contributed by atoms with Crippen LogP contribution >= 0.6 is 36.2 Å². The van der Waals surface area contributed by atoms with Gasteiger partial charge in [-0.3, -0.25) is 4.79 Å². The fourth-order valence-corrected chi connectivity index (χ4v) is 2.30. The van der Waals surface area contributed by atoms with Crippen LogP contribution in [0.4, 0.5) is 0 Å². The van der Waals surface area contributed by atoms with Gasteiger partial charge in [0.05, 0.1) is 5.51 Å². The van der Waals surface area contributed by atoms with E-state index < -0.39 is 0 Å². The lowest BCUT2D eigenvalue weighted by Gasteiger charge is -2.37. The number of piperazine rings is 1. The molecule has 2 heterocycles. The smallest absolute Gasteiger partial charge is 0.273 e. The molecule has 0 saturated carbocycles. The van der Waals surface area contributed by atoms with E-state index in [0.29, 0.717) is 11.7 Å². The van der Waals surface area contributed by atoms with Crippen LogP contribution in [0, 0.1) is 0 Å². The fourth-order valence-electron chi connectivity index (χ4n) is 1.77. The first-order valence-electron chi connectivity index (χ1n) is 5.11. The van der Waals surface area contributed by atoms with E-state index >= 15 is 0 Å². The Kier molecular flexibility index (Phi) is 7.01. The average molecular weight is 298 g/mol. The number of amides is 1. The van der Waals surface area contributed by atoms with Crippen LogP contribution in [-0.4, -0.2) is 41.0 Å². The molecule has 0 aromatic carbocycles. The van der Waals surface area contributed by atoms with E-state index in [4.69, 9.17) is 0 Å². The summed E-state index contributed by atoms with van der Waals surface area (Å²) in [5.74, 6) is 0.0529. The van der Waals surface area contributed by atoms with E-state index in [2.05, 4.69) is 24.1 Å². The van der Waals surface area contributed by atoms with E-state index in [0.717, 1.165) is 13.1 Å². The second-order valence-electron chi connectivity index (χ2n) is 3.99. The molecule has 0 bridgehead atoms. The van der Waals surface area contributed by atoms with Crippen LogP contribution in [0.15, 0.2) is 10.9 Å². The van der Waals surface area contributed by atoms with Crippen molar-refractivity contribution < 1.29 is 4.79 Å². The molecule has 7 heteroatoms. The summed E-state index contributed by atoms with van der Waals surface area (Å²) in [6, 6.07) is 0.610. The van der Waals surface area contributed by atoms with Gasteiger partial charge >= 0.3 is 0 Å². The maximum atomic E-state index is 12.1. The second-order valence-corrected chi connectivity index (χ2v) is 4.71. The SMILES string of the molecule is CC1CN(C(=O)c2cscn2)C(C)CN1.Cl.Cl. The van der Waals surface area contributed by atoms with Gasteiger partial charge in [-0.2, -0.15) is 0 Å². The van der Waals surface area contributed by atoms with Crippen LogP contribution < -0.4 is 5.32 Å². The van der Waals surface area contributed by atoms with E-state index in [-0.39, 0.29) is 36.8 Å². The number of halogens is 2. The van der Waals surface area contributed by atoms with Crippen LogP contribution in [0.3, 0.4) is 0 Å². The monoisotopic (exact) mass is 297 g/mol. The molecule has 1 fully saturated rings. The van der Waals surface area contributed by atoms with Gasteiger partial charge in [0, 0.05) is 30.6 Å². The Labute approximate surface area is 118 Å². The van der Waals surface area contributed by atoms with Crippen LogP contribution in [0.25, 0.3) is 0 Å². The minimum atomic E-state index is 0. The third-order valence-electron chi connectivity index (χ3n) is 2.68. The Balaban J connectivity index is 0.00000128. The maximum Gasteiger partial charge on any atom is 0.273 e. The third-order valence-corrected chi connectivity index (χ3v) is 3.26. The number of nitrogens with zero attached hydrogens (tertiary/aromatic N) is 2. The molecule has 1 aromatic heterocycles. The summed E-state index contributed by atoms with van der Waals surface area (Å²) in [6.07, 6.45) is 0. The van der Waals surface area contributed by atoms with Crippen LogP contribution in [-0.2, 0) is 0 Å². The molecule has 2 unspecified atom stereocenters. The molecular formula is C10H17Cl2N3OS. The Hall–Kier alpha value is -0.360. The summed E-state index contributed by atoms with van der Waals surface area (Å²) in [4.78, 5) is 18.0. The Morgan fingerprint density at radius 1 is 1.53 bits per heavy atom. The zero-order valence-electron chi connectivity index (χ0n) is 9.75. The predicted octanol–water partition coefficient (Wildman–Crippen LogP) is 1.81. The number of aromatic nitrogens is 1.